The zero-order chi connectivity index (χ0) is 43.9. The maximum atomic E-state index is 13.3. The van der Waals surface area contributed by atoms with E-state index in [0.29, 0.717) is 23.1 Å². The average Bonchev–Trinajstić information content (AvgIpc) is 3.99. The Kier molecular flexibility index (Phi) is 14.2. The van der Waals surface area contributed by atoms with Crippen LogP contribution in [0.1, 0.15) is 44.5 Å². The van der Waals surface area contributed by atoms with E-state index in [4.69, 9.17) is 39.0 Å². The van der Waals surface area contributed by atoms with Crippen LogP contribution in [0.2, 0.25) is 0 Å². The topological polar surface area (TPSA) is 308 Å². The Morgan fingerprint density at radius 3 is 2.45 bits per heavy atom. The number of benzene rings is 3. The predicted molar refractivity (Wildman–Crippen MR) is 223 cm³/mol. The normalized spacial score (nSPS) is 19.0. The molecule has 0 saturated carbocycles. The summed E-state index contributed by atoms with van der Waals surface area (Å²) in [4.78, 5) is 72.5. The molecule has 62 heavy (non-hydrogen) atoms. The number of imidazole rings is 1. The molecular formula is C39H44N8O13P2. The molecular weight excluding hydrogens is 850 g/mol. The number of anilines is 1. The van der Waals surface area contributed by atoms with E-state index >= 15 is 0 Å². The highest BCUT2D eigenvalue weighted by molar-refractivity contribution is 7.47. The van der Waals surface area contributed by atoms with Gasteiger partial charge in [0.25, 0.3) is 11.5 Å². The number of rotatable bonds is 21. The number of carbonyl (C=O) groups excluding carboxylic acids is 2. The number of nitrogen functional groups attached to an aromatic ring is 1. The third-order valence-electron chi connectivity index (χ3n) is 9.68. The number of amides is 1. The van der Waals surface area contributed by atoms with Crippen LogP contribution in [-0.2, 0) is 43.1 Å². The zero-order valence-electron chi connectivity index (χ0n) is 32.9. The van der Waals surface area contributed by atoms with Gasteiger partial charge >= 0.3 is 15.6 Å². The summed E-state index contributed by atoms with van der Waals surface area (Å²) in [6.07, 6.45) is -0.320. The molecule has 1 saturated heterocycles. The van der Waals surface area contributed by atoms with Crippen molar-refractivity contribution < 1.29 is 56.1 Å². The summed E-state index contributed by atoms with van der Waals surface area (Å²) in [5, 5.41) is 3.63. The maximum absolute atomic E-state index is 13.3. The van der Waals surface area contributed by atoms with Crippen LogP contribution in [0.3, 0.4) is 0 Å². The first kappa shape index (κ1) is 44.6. The summed E-state index contributed by atoms with van der Waals surface area (Å²) in [5.74, 6) is -0.748. The molecule has 1 fully saturated rings. The smallest absolute Gasteiger partial charge is 0.377 e. The first-order chi connectivity index (χ1) is 29.7. The molecule has 0 radical (unpaired) electrons. The molecule has 23 heteroatoms. The van der Waals surface area contributed by atoms with Gasteiger partial charge in [-0.3, -0.25) is 42.0 Å². The highest BCUT2D eigenvalue weighted by Crippen LogP contribution is 2.50. The van der Waals surface area contributed by atoms with Crippen molar-refractivity contribution in [3.05, 3.63) is 124 Å². The fourth-order valence-electron chi connectivity index (χ4n) is 6.71. The Bertz CT molecular complexity index is 2660. The van der Waals surface area contributed by atoms with Crippen molar-refractivity contribution >= 4 is 55.4 Å². The highest BCUT2D eigenvalue weighted by Gasteiger charge is 2.43. The number of nitrogens with one attached hydrogen (secondary N) is 3. The van der Waals surface area contributed by atoms with Crippen LogP contribution in [0.5, 0.6) is 0 Å². The van der Waals surface area contributed by atoms with Gasteiger partial charge in [-0.15, -0.1) is 0 Å². The van der Waals surface area contributed by atoms with E-state index in [-0.39, 0.29) is 68.2 Å². The van der Waals surface area contributed by atoms with E-state index in [1.165, 1.54) is 10.9 Å². The van der Waals surface area contributed by atoms with Crippen molar-refractivity contribution in [2.45, 2.75) is 37.3 Å². The van der Waals surface area contributed by atoms with Gasteiger partial charge in [0, 0.05) is 52.8 Å². The van der Waals surface area contributed by atoms with Crippen LogP contribution in [0.15, 0.2) is 96.2 Å². The Balaban J connectivity index is 0.886. The van der Waals surface area contributed by atoms with Gasteiger partial charge in [0.2, 0.25) is 5.95 Å². The molecule has 3 aromatic carbocycles. The number of hydrogen-bond donors (Lipinski definition) is 7. The number of carbonyl (C=O) groups is 2. The van der Waals surface area contributed by atoms with E-state index < -0.39 is 52.3 Å². The molecule has 0 bridgehead atoms. The van der Waals surface area contributed by atoms with Crippen LogP contribution < -0.4 is 22.3 Å². The Morgan fingerprint density at radius 2 is 1.66 bits per heavy atom. The number of nitrogens with zero attached hydrogens (tertiary/aromatic N) is 3. The monoisotopic (exact) mass is 894 g/mol. The molecule has 1 aliphatic rings. The second-order valence-electron chi connectivity index (χ2n) is 14.1. The number of fused-ring (bicyclic) bond motifs is 2. The number of aromatic nitrogens is 5. The van der Waals surface area contributed by atoms with Crippen molar-refractivity contribution in [3.8, 4) is 0 Å². The van der Waals surface area contributed by atoms with E-state index in [1.807, 2.05) is 30.3 Å². The molecule has 21 nitrogen and oxygen atoms in total. The summed E-state index contributed by atoms with van der Waals surface area (Å²) in [5.41, 5.74) is 14.5. The molecule has 4 heterocycles. The number of para-hydroxylation sites is 1. The molecule has 9 N–H and O–H groups in total. The molecule has 3 aromatic heterocycles. The summed E-state index contributed by atoms with van der Waals surface area (Å²) in [6, 6.07) is 21.9. The van der Waals surface area contributed by atoms with Crippen molar-refractivity contribution in [1.82, 2.24) is 29.8 Å². The van der Waals surface area contributed by atoms with Crippen LogP contribution in [0.25, 0.3) is 22.1 Å². The van der Waals surface area contributed by atoms with Crippen molar-refractivity contribution in [1.29, 1.82) is 0 Å². The lowest BCUT2D eigenvalue weighted by molar-refractivity contribution is -0.0451. The standard InChI is InChI=1S/C39H44N8O13P2/c40-28(18-27-20-43-30-9-5-4-8-29(27)30)21-57-62(53,54)60-31-19-33(47-23-44-34-36(47)45-39(41)46-38(34)50)59-32(31)22-58-61(51,52)56-17-16-55-15-14-42-37(49)26-12-10-25(11-13-26)35(48)24-6-2-1-3-7-24/h1-13,20,23,28,31-33,43H,14-19,21-22,40H2,(H,42,49)(H,51,52)(H,53,54)(H3,41,45,46,50)/t28-,31-,32+,33+/m0/s1. The van der Waals surface area contributed by atoms with Gasteiger partial charge in [0.15, 0.2) is 16.9 Å². The SMILES string of the molecule is Nc1nc2c(ncn2[C@H]2C[C@H](OP(=O)(O)OC[C@@H](N)Cc3c[nH]c4ccccc34)[C@@H](COP(=O)(O)OCCOCCNC(=O)c3ccc(C(=O)c4ccccc4)cc3)O2)c(=O)[nH]1. The zero-order valence-corrected chi connectivity index (χ0v) is 34.7. The maximum Gasteiger partial charge on any atom is 0.472 e. The van der Waals surface area contributed by atoms with E-state index in [0.717, 1.165) is 16.5 Å². The molecule has 1 amide bonds. The molecule has 7 rings (SSSR count). The molecule has 6 aromatic rings. The number of nitrogens with two attached hydrogens (primary N) is 2. The van der Waals surface area contributed by atoms with Crippen LogP contribution >= 0.6 is 15.6 Å². The van der Waals surface area contributed by atoms with Crippen LogP contribution in [-0.4, -0.2) is 104 Å². The number of hydrogen-bond acceptors (Lipinski definition) is 15. The Morgan fingerprint density at radius 1 is 0.935 bits per heavy atom. The van der Waals surface area contributed by atoms with Gasteiger partial charge in [0.1, 0.15) is 18.4 Å². The lowest BCUT2D eigenvalue weighted by atomic mass is 10.0. The number of ether oxygens (including phenoxy) is 2. The lowest BCUT2D eigenvalue weighted by Gasteiger charge is -2.23. The number of aromatic amines is 2. The molecule has 0 aliphatic carbocycles. The van der Waals surface area contributed by atoms with E-state index in [1.54, 1.807) is 54.7 Å². The molecule has 328 valence electrons. The first-order valence-corrected chi connectivity index (χ1v) is 22.3. The second kappa shape index (κ2) is 19.7. The van der Waals surface area contributed by atoms with Crippen LogP contribution in [0.4, 0.5) is 5.95 Å². The van der Waals surface area contributed by atoms with Gasteiger partial charge in [0.05, 0.1) is 39.4 Å². The van der Waals surface area contributed by atoms with E-state index in [2.05, 4.69) is 25.3 Å². The summed E-state index contributed by atoms with van der Waals surface area (Å²) in [7, 11) is -9.58. The third kappa shape index (κ3) is 11.3. The number of phosphoric acid groups is 2. The minimum atomic E-state index is -4.83. The quantitative estimate of drug-likeness (QED) is 0.0309. The first-order valence-electron chi connectivity index (χ1n) is 19.3. The van der Waals surface area contributed by atoms with Crippen molar-refractivity contribution in [2.24, 2.45) is 5.73 Å². The van der Waals surface area contributed by atoms with Crippen molar-refractivity contribution in [2.75, 3.05) is 45.3 Å². The second-order valence-corrected chi connectivity index (χ2v) is 17.0. The fraction of sp³-hybridized carbons (Fsp3) is 0.308. The van der Waals surface area contributed by atoms with Gasteiger partial charge in [-0.1, -0.05) is 60.7 Å². The molecule has 6 atom stereocenters. The molecule has 2 unspecified atom stereocenters. The lowest BCUT2D eigenvalue weighted by Crippen LogP contribution is -2.30. The van der Waals surface area contributed by atoms with Crippen molar-refractivity contribution in [3.63, 3.8) is 0 Å². The Hall–Kier alpha value is -5.41. The number of H-pyrrole nitrogens is 2. The minimum Gasteiger partial charge on any atom is -0.377 e. The largest absolute Gasteiger partial charge is 0.472 e. The van der Waals surface area contributed by atoms with Gasteiger partial charge in [-0.2, -0.15) is 4.98 Å². The number of ketones is 1. The predicted octanol–water partition coefficient (Wildman–Crippen LogP) is 3.35. The fourth-order valence-corrected chi connectivity index (χ4v) is 8.43. The van der Waals surface area contributed by atoms with Gasteiger partial charge < -0.3 is 41.0 Å². The van der Waals surface area contributed by atoms with Gasteiger partial charge in [-0.05, 0) is 30.2 Å². The summed E-state index contributed by atoms with van der Waals surface area (Å²) < 4.78 is 60.0. The minimum absolute atomic E-state index is 0.0408. The average molecular weight is 895 g/mol. The summed E-state index contributed by atoms with van der Waals surface area (Å²) >= 11 is 0. The highest BCUT2D eigenvalue weighted by atomic mass is 31.2. The van der Waals surface area contributed by atoms with Crippen LogP contribution in [0, 0.1) is 0 Å². The number of phosphoric ester groups is 2. The Labute approximate surface area is 352 Å². The molecule has 1 aliphatic heterocycles. The van der Waals surface area contributed by atoms with Gasteiger partial charge in [-0.25, -0.2) is 14.1 Å². The summed E-state index contributed by atoms with van der Waals surface area (Å²) in [6.45, 7) is -1.40. The molecule has 0 spiro atoms. The van der Waals surface area contributed by atoms with E-state index in [9.17, 15) is 33.3 Å². The third-order valence-corrected chi connectivity index (χ3v) is 11.7.